The Morgan fingerprint density at radius 2 is 1.64 bits per heavy atom. The maximum absolute atomic E-state index is 4.82. The summed E-state index contributed by atoms with van der Waals surface area (Å²) in [5.41, 5.74) is 4.73. The monoisotopic (exact) mass is 345 g/mol. The first-order chi connectivity index (χ1) is 12.3. The molecule has 2 aromatic carbocycles. The van der Waals surface area contributed by atoms with Crippen LogP contribution in [0.3, 0.4) is 0 Å². The van der Waals surface area contributed by atoms with Gasteiger partial charge in [-0.15, -0.1) is 0 Å². The van der Waals surface area contributed by atoms with Gasteiger partial charge in [0.1, 0.15) is 0 Å². The topological polar surface area (TPSA) is 54.3 Å². The van der Waals surface area contributed by atoms with Crippen molar-refractivity contribution in [1.29, 1.82) is 0 Å². The Labute approximate surface area is 148 Å². The van der Waals surface area contributed by atoms with Gasteiger partial charge < -0.3 is 0 Å². The van der Waals surface area contributed by atoms with E-state index in [1.807, 2.05) is 47.5 Å². The fourth-order valence-electron chi connectivity index (χ4n) is 3.11. The van der Waals surface area contributed by atoms with E-state index in [9.17, 15) is 0 Å². The van der Waals surface area contributed by atoms with Crippen LogP contribution in [0.25, 0.3) is 21.5 Å². The van der Waals surface area contributed by atoms with Crippen LogP contribution < -0.4 is 5.01 Å². The van der Waals surface area contributed by atoms with Crippen molar-refractivity contribution in [3.8, 4) is 0 Å². The van der Waals surface area contributed by atoms with E-state index in [0.717, 1.165) is 33.3 Å². The lowest BCUT2D eigenvalue weighted by Gasteiger charge is -2.09. The second kappa shape index (κ2) is 5.60. The highest BCUT2D eigenvalue weighted by Crippen LogP contribution is 2.31. The molecule has 0 N–H and O–H groups in total. The minimum absolute atomic E-state index is 0.356. The van der Waals surface area contributed by atoms with E-state index in [-0.39, 0.29) is 0 Å². The first-order valence-electron chi connectivity index (χ1n) is 8.23. The van der Waals surface area contributed by atoms with Crippen LogP contribution in [0.5, 0.6) is 0 Å². The zero-order chi connectivity index (χ0) is 16.8. The number of anilines is 1. The Morgan fingerprint density at radius 3 is 2.44 bits per heavy atom. The van der Waals surface area contributed by atoms with Crippen molar-refractivity contribution in [3.63, 3.8) is 0 Å². The maximum atomic E-state index is 4.82. The molecule has 0 amide bonds. The molecule has 1 unspecified atom stereocenters. The van der Waals surface area contributed by atoms with Crippen LogP contribution in [-0.4, -0.2) is 27.2 Å². The van der Waals surface area contributed by atoms with Crippen LogP contribution in [0.15, 0.2) is 59.7 Å². The normalized spacial score (nSPS) is 17.4. The molecular weight excluding hydrogens is 330 g/mol. The zero-order valence-corrected chi connectivity index (χ0v) is 14.4. The number of para-hydroxylation sites is 2. The molecule has 1 atom stereocenters. The number of aromatic nitrogens is 3. The number of rotatable bonds is 2. The zero-order valence-electron chi connectivity index (χ0n) is 13.6. The van der Waals surface area contributed by atoms with Crippen molar-refractivity contribution in [3.05, 3.63) is 60.2 Å². The molecule has 5 rings (SSSR count). The third kappa shape index (κ3) is 2.46. The molecule has 0 saturated carbocycles. The molecule has 0 aliphatic carbocycles. The molecule has 122 valence electrons. The lowest BCUT2D eigenvalue weighted by molar-refractivity contribution is 0.774. The Morgan fingerprint density at radius 1 is 0.920 bits per heavy atom. The molecule has 0 radical (unpaired) electrons. The summed E-state index contributed by atoms with van der Waals surface area (Å²) in [7, 11) is 0. The second-order valence-electron chi connectivity index (χ2n) is 6.17. The standard InChI is InChI=1S/C19H15N5S/c1-12-11-24(23-16(12)13-7-3-2-4-8-13)19-22-17-18(25-19)21-15-10-6-5-9-14(15)20-17/h2-10,12H,11H2,1H3. The smallest absolute Gasteiger partial charge is 0.210 e. The quantitative estimate of drug-likeness (QED) is 0.549. The molecule has 0 fully saturated rings. The first-order valence-corrected chi connectivity index (χ1v) is 9.04. The van der Waals surface area contributed by atoms with Gasteiger partial charge in [0.2, 0.25) is 5.13 Å². The Kier molecular flexibility index (Phi) is 3.24. The van der Waals surface area contributed by atoms with Crippen molar-refractivity contribution in [2.75, 3.05) is 11.6 Å². The SMILES string of the molecule is CC1CN(c2nc3nc4ccccc4nc3s2)N=C1c1ccccc1. The summed E-state index contributed by atoms with van der Waals surface area (Å²) in [4.78, 5) is 14.8. The van der Waals surface area contributed by atoms with Gasteiger partial charge in [-0.1, -0.05) is 60.7 Å². The van der Waals surface area contributed by atoms with Crippen molar-refractivity contribution < 1.29 is 0 Å². The van der Waals surface area contributed by atoms with E-state index in [2.05, 4.69) is 34.0 Å². The van der Waals surface area contributed by atoms with Crippen LogP contribution in [0, 0.1) is 5.92 Å². The molecule has 0 saturated heterocycles. The van der Waals surface area contributed by atoms with Crippen LogP contribution in [0.1, 0.15) is 12.5 Å². The van der Waals surface area contributed by atoms with Gasteiger partial charge in [-0.3, -0.25) is 0 Å². The van der Waals surface area contributed by atoms with E-state index in [1.54, 1.807) is 11.3 Å². The summed E-state index contributed by atoms with van der Waals surface area (Å²) < 4.78 is 0. The third-order valence-electron chi connectivity index (χ3n) is 4.34. The average molecular weight is 345 g/mol. The molecule has 1 aliphatic rings. The first kappa shape index (κ1) is 14.5. The lowest BCUT2D eigenvalue weighted by Crippen LogP contribution is -2.16. The predicted molar refractivity (Wildman–Crippen MR) is 102 cm³/mol. The van der Waals surface area contributed by atoms with Crippen molar-refractivity contribution in [2.24, 2.45) is 11.0 Å². The Hall–Kier alpha value is -2.86. The van der Waals surface area contributed by atoms with Gasteiger partial charge in [0.15, 0.2) is 10.5 Å². The minimum Gasteiger partial charge on any atom is -0.238 e. The van der Waals surface area contributed by atoms with Crippen LogP contribution >= 0.6 is 11.3 Å². The highest BCUT2D eigenvalue weighted by Gasteiger charge is 2.27. The van der Waals surface area contributed by atoms with Crippen LogP contribution in [0.2, 0.25) is 0 Å². The fourth-order valence-corrected chi connectivity index (χ4v) is 3.97. The van der Waals surface area contributed by atoms with E-state index >= 15 is 0 Å². The van der Waals surface area contributed by atoms with E-state index < -0.39 is 0 Å². The summed E-state index contributed by atoms with van der Waals surface area (Å²) in [5.74, 6) is 0.356. The summed E-state index contributed by atoms with van der Waals surface area (Å²) in [6.07, 6.45) is 0. The van der Waals surface area contributed by atoms with Gasteiger partial charge in [-0.2, -0.15) is 10.1 Å². The summed E-state index contributed by atoms with van der Waals surface area (Å²) >= 11 is 1.54. The molecule has 5 nitrogen and oxygen atoms in total. The highest BCUT2D eigenvalue weighted by atomic mass is 32.1. The number of hydrogen-bond acceptors (Lipinski definition) is 6. The number of nitrogens with zero attached hydrogens (tertiary/aromatic N) is 5. The average Bonchev–Trinajstić information content (AvgIpc) is 3.23. The van der Waals surface area contributed by atoms with Crippen molar-refractivity contribution in [1.82, 2.24) is 15.0 Å². The molecule has 4 aromatic rings. The molecule has 6 heteroatoms. The van der Waals surface area contributed by atoms with Crippen molar-refractivity contribution >= 4 is 43.7 Å². The molecule has 2 aromatic heterocycles. The lowest BCUT2D eigenvalue weighted by atomic mass is 10.00. The van der Waals surface area contributed by atoms with E-state index in [4.69, 9.17) is 5.10 Å². The number of benzene rings is 2. The molecule has 1 aliphatic heterocycles. The molecule has 0 bridgehead atoms. The van der Waals surface area contributed by atoms with Crippen LogP contribution in [0.4, 0.5) is 5.13 Å². The van der Waals surface area contributed by atoms with Gasteiger partial charge in [-0.05, 0) is 17.7 Å². The molecule has 3 heterocycles. The van der Waals surface area contributed by atoms with Gasteiger partial charge in [0, 0.05) is 5.92 Å². The van der Waals surface area contributed by atoms with E-state index in [1.165, 1.54) is 5.56 Å². The number of hydrazone groups is 1. The summed E-state index contributed by atoms with van der Waals surface area (Å²) in [6.45, 7) is 3.02. The molecular formula is C19H15N5S. The molecule has 25 heavy (non-hydrogen) atoms. The maximum Gasteiger partial charge on any atom is 0.210 e. The van der Waals surface area contributed by atoms with Gasteiger partial charge in [-0.25, -0.2) is 15.0 Å². The van der Waals surface area contributed by atoms with Gasteiger partial charge in [0.25, 0.3) is 0 Å². The second-order valence-corrected chi connectivity index (χ2v) is 7.13. The fraction of sp³-hybridized carbons (Fsp3) is 0.158. The van der Waals surface area contributed by atoms with E-state index in [0.29, 0.717) is 11.6 Å². The Balaban J connectivity index is 1.57. The summed E-state index contributed by atoms with van der Waals surface area (Å²) in [5, 5.41) is 7.64. The highest BCUT2D eigenvalue weighted by molar-refractivity contribution is 7.21. The third-order valence-corrected chi connectivity index (χ3v) is 5.30. The summed E-state index contributed by atoms with van der Waals surface area (Å²) in [6, 6.07) is 18.2. The minimum atomic E-state index is 0.356. The Bertz CT molecular complexity index is 1050. The van der Waals surface area contributed by atoms with Crippen molar-refractivity contribution in [2.45, 2.75) is 6.92 Å². The van der Waals surface area contributed by atoms with Crippen LogP contribution in [-0.2, 0) is 0 Å². The number of hydrogen-bond donors (Lipinski definition) is 0. The largest absolute Gasteiger partial charge is 0.238 e. The number of thiazole rings is 1. The number of fused-ring (bicyclic) bond motifs is 2. The molecule has 0 spiro atoms. The van der Waals surface area contributed by atoms with Gasteiger partial charge >= 0.3 is 0 Å². The van der Waals surface area contributed by atoms with Gasteiger partial charge in [0.05, 0.1) is 23.3 Å². The predicted octanol–water partition coefficient (Wildman–Crippen LogP) is 4.10.